The zero-order valence-electron chi connectivity index (χ0n) is 5.50. The fourth-order valence-electron chi connectivity index (χ4n) is 0.964. The van der Waals surface area contributed by atoms with E-state index in [0.29, 0.717) is 0 Å². The van der Waals surface area contributed by atoms with Gasteiger partial charge in [0.15, 0.2) is 0 Å². The molecule has 0 spiro atoms. The Kier molecular flexibility index (Phi) is 2.01. The Morgan fingerprint density at radius 2 is 1.70 bits per heavy atom. The molecule has 1 aliphatic rings. The fourth-order valence-corrected chi connectivity index (χ4v) is 0.964. The van der Waals surface area contributed by atoms with Crippen LogP contribution >= 0.6 is 0 Å². The third kappa shape index (κ3) is 1.16. The van der Waals surface area contributed by atoms with E-state index in [9.17, 15) is 14.7 Å². The average molecular weight is 142 g/mol. The van der Waals surface area contributed by atoms with E-state index in [0.717, 1.165) is 4.90 Å². The summed E-state index contributed by atoms with van der Waals surface area (Å²) in [4.78, 5) is 22.5. The van der Waals surface area contributed by atoms with Crippen LogP contribution in [0.3, 0.4) is 0 Å². The van der Waals surface area contributed by atoms with Crippen molar-refractivity contribution in [2.45, 2.75) is 12.8 Å². The Morgan fingerprint density at radius 3 is 2.10 bits per heavy atom. The maximum absolute atomic E-state index is 10.7. The second kappa shape index (κ2) is 2.79. The molecule has 0 aromatic heterocycles. The van der Waals surface area contributed by atoms with Crippen LogP contribution in [0.25, 0.3) is 0 Å². The van der Waals surface area contributed by atoms with Crippen molar-refractivity contribution in [3.63, 3.8) is 0 Å². The van der Waals surface area contributed by atoms with Gasteiger partial charge in [0.05, 0.1) is 6.54 Å². The van der Waals surface area contributed by atoms with Crippen LogP contribution in [0.1, 0.15) is 12.8 Å². The second-order valence-corrected chi connectivity index (χ2v) is 2.14. The monoisotopic (exact) mass is 142 g/mol. The summed E-state index contributed by atoms with van der Waals surface area (Å²) in [5, 5.41) is 10.0. The van der Waals surface area contributed by atoms with Crippen molar-refractivity contribution >= 4 is 11.8 Å². The molecule has 0 bridgehead atoms. The summed E-state index contributed by atoms with van der Waals surface area (Å²) in [5.74, 6) is -0.415. The van der Waals surface area contributed by atoms with Gasteiger partial charge in [0.2, 0.25) is 11.8 Å². The Morgan fingerprint density at radius 1 is 1.20 bits per heavy atom. The first kappa shape index (κ1) is 7.21. The summed E-state index contributed by atoms with van der Waals surface area (Å²) in [6.45, 7) is -0.352. The van der Waals surface area contributed by atoms with Crippen LogP contribution < -0.4 is 0 Å². The summed E-state index contributed by atoms with van der Waals surface area (Å²) in [5.41, 5.74) is 0. The maximum Gasteiger partial charge on any atom is 0.229 e. The molecule has 0 unspecified atom stereocenters. The quantitative estimate of drug-likeness (QED) is 0.491. The minimum atomic E-state index is -0.391. The lowest BCUT2D eigenvalue weighted by molar-refractivity contribution is -0.139. The predicted octanol–water partition coefficient (Wildman–Crippen LogP) is -0.434. The van der Waals surface area contributed by atoms with Crippen LogP contribution in [0.4, 0.5) is 0 Å². The molecular weight excluding hydrogens is 134 g/mol. The first-order chi connectivity index (χ1) is 4.75. The molecule has 1 radical (unpaired) electrons. The standard InChI is InChI=1S/C6H8NO3/c8-4-3-7-5(9)1-2-6(7)10/h1-4H2. The van der Waals surface area contributed by atoms with Gasteiger partial charge in [-0.2, -0.15) is 0 Å². The third-order valence-corrected chi connectivity index (χ3v) is 1.47. The topological polar surface area (TPSA) is 57.3 Å². The van der Waals surface area contributed by atoms with Crippen molar-refractivity contribution in [3.05, 3.63) is 0 Å². The summed E-state index contributed by atoms with van der Waals surface area (Å²) in [6.07, 6.45) is 0.553. The fraction of sp³-hybridized carbons (Fsp3) is 0.667. The van der Waals surface area contributed by atoms with Crippen molar-refractivity contribution in [1.82, 2.24) is 4.90 Å². The number of nitrogens with zero attached hydrogens (tertiary/aromatic N) is 1. The molecule has 0 saturated carbocycles. The Labute approximate surface area is 58.4 Å². The number of likely N-dealkylation sites (tertiary alicyclic amines) is 1. The molecule has 0 N–H and O–H groups in total. The van der Waals surface area contributed by atoms with Gasteiger partial charge in [-0.15, -0.1) is 0 Å². The number of carbonyl (C=O) groups is 2. The number of hydrogen-bond donors (Lipinski definition) is 0. The largest absolute Gasteiger partial charge is 0.280 e. The lowest BCUT2D eigenvalue weighted by Gasteiger charge is -2.09. The number of carbonyl (C=O) groups excluding carboxylic acids is 2. The van der Waals surface area contributed by atoms with E-state index in [1.165, 1.54) is 0 Å². The third-order valence-electron chi connectivity index (χ3n) is 1.47. The molecule has 1 fully saturated rings. The average Bonchev–Trinajstić information content (AvgIpc) is 2.20. The Hall–Kier alpha value is -0.900. The number of hydrogen-bond acceptors (Lipinski definition) is 2. The lowest BCUT2D eigenvalue weighted by Crippen LogP contribution is -2.31. The molecule has 1 saturated heterocycles. The van der Waals surface area contributed by atoms with E-state index >= 15 is 0 Å². The molecule has 1 rings (SSSR count). The molecule has 4 nitrogen and oxygen atoms in total. The van der Waals surface area contributed by atoms with Crippen LogP contribution in [0, 0.1) is 0 Å². The highest BCUT2D eigenvalue weighted by Crippen LogP contribution is 2.09. The highest BCUT2D eigenvalue weighted by Gasteiger charge is 2.27. The van der Waals surface area contributed by atoms with Gasteiger partial charge in [-0.05, 0) is 0 Å². The molecule has 0 aliphatic carbocycles. The van der Waals surface area contributed by atoms with Gasteiger partial charge in [-0.3, -0.25) is 14.5 Å². The van der Waals surface area contributed by atoms with Crippen molar-refractivity contribution in [2.75, 3.05) is 13.2 Å². The van der Waals surface area contributed by atoms with E-state index in [-0.39, 0.29) is 31.2 Å². The molecule has 1 heterocycles. The SMILES string of the molecule is [O]CCN1C(=O)CCC1=O. The Balaban J connectivity index is 2.54. The molecule has 0 aromatic carbocycles. The summed E-state index contributed by atoms with van der Waals surface area (Å²) in [6, 6.07) is 0. The zero-order valence-corrected chi connectivity index (χ0v) is 5.50. The van der Waals surface area contributed by atoms with Gasteiger partial charge in [-0.25, -0.2) is 5.11 Å². The smallest absolute Gasteiger partial charge is 0.229 e. The molecule has 4 heteroatoms. The Bertz CT molecular complexity index is 150. The summed E-state index contributed by atoms with van der Waals surface area (Å²) in [7, 11) is 0. The van der Waals surface area contributed by atoms with Crippen molar-refractivity contribution in [2.24, 2.45) is 0 Å². The van der Waals surface area contributed by atoms with Crippen LogP contribution in [0.15, 0.2) is 0 Å². The molecule has 55 valence electrons. The summed E-state index contributed by atoms with van der Waals surface area (Å²) < 4.78 is 0. The summed E-state index contributed by atoms with van der Waals surface area (Å²) >= 11 is 0. The van der Waals surface area contributed by atoms with Crippen molar-refractivity contribution in [1.29, 1.82) is 0 Å². The molecule has 0 atom stereocenters. The van der Waals surface area contributed by atoms with E-state index in [4.69, 9.17) is 0 Å². The van der Waals surface area contributed by atoms with E-state index in [1.807, 2.05) is 0 Å². The first-order valence-corrected chi connectivity index (χ1v) is 3.17. The molecular formula is C6H8NO3. The molecule has 10 heavy (non-hydrogen) atoms. The van der Waals surface area contributed by atoms with Gasteiger partial charge in [0, 0.05) is 12.8 Å². The van der Waals surface area contributed by atoms with E-state index in [2.05, 4.69) is 0 Å². The van der Waals surface area contributed by atoms with E-state index < -0.39 is 6.61 Å². The molecule has 1 aliphatic heterocycles. The lowest BCUT2D eigenvalue weighted by atomic mass is 10.4. The highest BCUT2D eigenvalue weighted by atomic mass is 16.3. The first-order valence-electron chi connectivity index (χ1n) is 3.17. The van der Waals surface area contributed by atoms with E-state index in [1.54, 1.807) is 0 Å². The van der Waals surface area contributed by atoms with Crippen molar-refractivity contribution < 1.29 is 14.7 Å². The number of imide groups is 1. The van der Waals surface area contributed by atoms with Gasteiger partial charge < -0.3 is 0 Å². The number of amides is 2. The van der Waals surface area contributed by atoms with Gasteiger partial charge in [0.1, 0.15) is 6.61 Å². The molecule has 0 aromatic rings. The van der Waals surface area contributed by atoms with Crippen LogP contribution in [-0.2, 0) is 14.7 Å². The minimum Gasteiger partial charge on any atom is -0.280 e. The van der Waals surface area contributed by atoms with Crippen LogP contribution in [0.2, 0.25) is 0 Å². The zero-order chi connectivity index (χ0) is 7.56. The van der Waals surface area contributed by atoms with Crippen LogP contribution in [-0.4, -0.2) is 29.9 Å². The van der Waals surface area contributed by atoms with Crippen LogP contribution in [0.5, 0.6) is 0 Å². The maximum atomic E-state index is 10.7. The predicted molar refractivity (Wildman–Crippen MR) is 31.5 cm³/mol. The normalized spacial score (nSPS) is 18.7. The second-order valence-electron chi connectivity index (χ2n) is 2.14. The number of rotatable bonds is 2. The van der Waals surface area contributed by atoms with Gasteiger partial charge >= 0.3 is 0 Å². The van der Waals surface area contributed by atoms with Gasteiger partial charge in [0.25, 0.3) is 0 Å². The van der Waals surface area contributed by atoms with Gasteiger partial charge in [-0.1, -0.05) is 0 Å². The highest BCUT2D eigenvalue weighted by molar-refractivity contribution is 6.01. The molecule has 2 amide bonds. The van der Waals surface area contributed by atoms with Crippen molar-refractivity contribution in [3.8, 4) is 0 Å². The minimum absolute atomic E-state index is 0.0394.